The normalized spacial score (nSPS) is 16.4. The van der Waals surface area contributed by atoms with Gasteiger partial charge in [-0.2, -0.15) is 0 Å². The molecular weight excluding hydrogens is 300 g/mol. The molecule has 0 aliphatic carbocycles. The van der Waals surface area contributed by atoms with Crippen molar-refractivity contribution in [3.63, 3.8) is 0 Å². The van der Waals surface area contributed by atoms with Crippen LogP contribution in [0, 0.1) is 0 Å². The monoisotopic (exact) mass is 312 g/mol. The molecule has 1 aromatic heterocycles. The van der Waals surface area contributed by atoms with E-state index in [1.165, 1.54) is 11.3 Å². The molecule has 2 heterocycles. The summed E-state index contributed by atoms with van der Waals surface area (Å²) in [5, 5.41) is 3.88. The fraction of sp³-hybridized carbons (Fsp3) is 0.125. The van der Waals surface area contributed by atoms with Crippen molar-refractivity contribution in [2.75, 3.05) is 12.4 Å². The SMILES string of the molecule is COc1ccc2nc(NC3OC(=O)c4ccccc43)sc2c1. The zero-order valence-corrected chi connectivity index (χ0v) is 12.5. The number of nitrogens with one attached hydrogen (secondary N) is 1. The number of aromatic nitrogens is 1. The molecule has 0 saturated heterocycles. The van der Waals surface area contributed by atoms with E-state index in [1.54, 1.807) is 13.2 Å². The van der Waals surface area contributed by atoms with Crippen molar-refractivity contribution in [2.45, 2.75) is 6.23 Å². The zero-order chi connectivity index (χ0) is 15.1. The highest BCUT2D eigenvalue weighted by atomic mass is 32.1. The second-order valence-corrected chi connectivity index (χ2v) is 5.90. The van der Waals surface area contributed by atoms with Crippen molar-refractivity contribution in [2.24, 2.45) is 0 Å². The van der Waals surface area contributed by atoms with E-state index in [2.05, 4.69) is 10.3 Å². The van der Waals surface area contributed by atoms with E-state index in [-0.39, 0.29) is 5.97 Å². The molecule has 1 aliphatic heterocycles. The smallest absolute Gasteiger partial charge is 0.340 e. The number of carbonyl (C=O) groups is 1. The van der Waals surface area contributed by atoms with Crippen molar-refractivity contribution in [1.82, 2.24) is 4.98 Å². The van der Waals surface area contributed by atoms with Gasteiger partial charge in [-0.1, -0.05) is 29.5 Å². The number of esters is 1. The van der Waals surface area contributed by atoms with Crippen LogP contribution in [0.15, 0.2) is 42.5 Å². The predicted octanol–water partition coefficient (Wildman–Crippen LogP) is 3.59. The molecule has 3 aromatic rings. The van der Waals surface area contributed by atoms with E-state index in [0.29, 0.717) is 10.7 Å². The van der Waals surface area contributed by atoms with Crippen molar-refractivity contribution in [3.05, 3.63) is 53.6 Å². The van der Waals surface area contributed by atoms with Gasteiger partial charge in [0.15, 0.2) is 5.13 Å². The van der Waals surface area contributed by atoms with Crippen LogP contribution in [-0.4, -0.2) is 18.1 Å². The van der Waals surface area contributed by atoms with Gasteiger partial charge in [0.1, 0.15) is 5.75 Å². The van der Waals surface area contributed by atoms with Gasteiger partial charge in [-0.25, -0.2) is 9.78 Å². The number of thiazole rings is 1. The summed E-state index contributed by atoms with van der Waals surface area (Å²) in [6.45, 7) is 0. The predicted molar refractivity (Wildman–Crippen MR) is 84.4 cm³/mol. The van der Waals surface area contributed by atoms with Gasteiger partial charge < -0.3 is 14.8 Å². The van der Waals surface area contributed by atoms with Gasteiger partial charge in [-0.3, -0.25) is 0 Å². The molecule has 6 heteroatoms. The number of methoxy groups -OCH3 is 1. The van der Waals surface area contributed by atoms with E-state index < -0.39 is 6.23 Å². The molecule has 0 saturated carbocycles. The number of ether oxygens (including phenoxy) is 2. The first-order valence-electron chi connectivity index (χ1n) is 6.75. The number of benzene rings is 2. The second-order valence-electron chi connectivity index (χ2n) is 4.87. The van der Waals surface area contributed by atoms with Gasteiger partial charge in [-0.15, -0.1) is 0 Å². The fourth-order valence-electron chi connectivity index (χ4n) is 2.46. The van der Waals surface area contributed by atoms with Crippen LogP contribution in [0.4, 0.5) is 5.13 Å². The molecule has 4 rings (SSSR count). The topological polar surface area (TPSA) is 60.4 Å². The van der Waals surface area contributed by atoms with E-state index in [0.717, 1.165) is 21.5 Å². The van der Waals surface area contributed by atoms with Gasteiger partial charge in [0.25, 0.3) is 0 Å². The van der Waals surface area contributed by atoms with Crippen LogP contribution in [-0.2, 0) is 4.74 Å². The molecular formula is C16H12N2O3S. The maximum Gasteiger partial charge on any atom is 0.340 e. The second kappa shape index (κ2) is 4.99. The standard InChI is InChI=1S/C16H12N2O3S/c1-20-9-6-7-12-13(8-9)22-16(17-12)18-14-10-4-2-3-5-11(10)15(19)21-14/h2-8,14H,1H3,(H,17,18). The number of cyclic esters (lactones) is 1. The highest BCUT2D eigenvalue weighted by Crippen LogP contribution is 2.35. The van der Waals surface area contributed by atoms with Crippen LogP contribution in [0.2, 0.25) is 0 Å². The summed E-state index contributed by atoms with van der Waals surface area (Å²) in [4.78, 5) is 16.3. The lowest BCUT2D eigenvalue weighted by atomic mass is 10.1. The Kier molecular flexibility index (Phi) is 2.97. The molecule has 2 aromatic carbocycles. The van der Waals surface area contributed by atoms with Crippen molar-refractivity contribution >= 4 is 32.7 Å². The van der Waals surface area contributed by atoms with Crippen LogP contribution < -0.4 is 10.1 Å². The number of rotatable bonds is 3. The number of nitrogens with zero attached hydrogens (tertiary/aromatic N) is 1. The average molecular weight is 312 g/mol. The van der Waals surface area contributed by atoms with Gasteiger partial charge in [0, 0.05) is 5.56 Å². The van der Waals surface area contributed by atoms with Crippen LogP contribution >= 0.6 is 11.3 Å². The maximum absolute atomic E-state index is 11.8. The first-order valence-corrected chi connectivity index (χ1v) is 7.57. The minimum Gasteiger partial charge on any atom is -0.497 e. The van der Waals surface area contributed by atoms with Crippen LogP contribution in [0.5, 0.6) is 5.75 Å². The van der Waals surface area contributed by atoms with Crippen molar-refractivity contribution < 1.29 is 14.3 Å². The number of carbonyl (C=O) groups excluding carboxylic acids is 1. The summed E-state index contributed by atoms with van der Waals surface area (Å²) in [7, 11) is 1.64. The first kappa shape index (κ1) is 13.1. The van der Waals surface area contributed by atoms with Crippen LogP contribution in [0.25, 0.3) is 10.2 Å². The van der Waals surface area contributed by atoms with Gasteiger partial charge in [0.05, 0.1) is 22.9 Å². The van der Waals surface area contributed by atoms with Gasteiger partial charge >= 0.3 is 5.97 Å². The lowest BCUT2D eigenvalue weighted by Crippen LogP contribution is -2.09. The molecule has 0 amide bonds. The summed E-state index contributed by atoms with van der Waals surface area (Å²) in [5.41, 5.74) is 2.32. The van der Waals surface area contributed by atoms with E-state index >= 15 is 0 Å². The summed E-state index contributed by atoms with van der Waals surface area (Å²) in [6, 6.07) is 13.1. The Balaban J connectivity index is 1.66. The van der Waals surface area contributed by atoms with Gasteiger partial charge in [-0.05, 0) is 24.3 Å². The molecule has 1 unspecified atom stereocenters. The summed E-state index contributed by atoms with van der Waals surface area (Å²) in [5.74, 6) is 0.483. The Hall–Kier alpha value is -2.60. The zero-order valence-electron chi connectivity index (χ0n) is 11.7. The number of hydrogen-bond acceptors (Lipinski definition) is 6. The highest BCUT2D eigenvalue weighted by molar-refractivity contribution is 7.22. The third-order valence-corrected chi connectivity index (χ3v) is 4.49. The molecule has 1 aliphatic rings. The number of fused-ring (bicyclic) bond motifs is 2. The van der Waals surface area contributed by atoms with Gasteiger partial charge in [0.2, 0.25) is 6.23 Å². The molecule has 0 radical (unpaired) electrons. The summed E-state index contributed by atoms with van der Waals surface area (Å²) in [6.07, 6.45) is -0.494. The molecule has 0 bridgehead atoms. The third-order valence-electron chi connectivity index (χ3n) is 3.54. The van der Waals surface area contributed by atoms with Crippen molar-refractivity contribution in [1.29, 1.82) is 0 Å². The van der Waals surface area contributed by atoms with Crippen molar-refractivity contribution in [3.8, 4) is 5.75 Å². The highest BCUT2D eigenvalue weighted by Gasteiger charge is 2.31. The van der Waals surface area contributed by atoms with Crippen LogP contribution in [0.1, 0.15) is 22.1 Å². The Morgan fingerprint density at radius 1 is 1.27 bits per heavy atom. The molecule has 1 atom stereocenters. The average Bonchev–Trinajstić information content (AvgIpc) is 3.08. The summed E-state index contributed by atoms with van der Waals surface area (Å²) < 4.78 is 11.6. The fourth-order valence-corrected chi connectivity index (χ4v) is 3.37. The van der Waals surface area contributed by atoms with E-state index in [4.69, 9.17) is 9.47 Å². The minimum absolute atomic E-state index is 0.309. The Bertz CT molecular complexity index is 875. The molecule has 5 nitrogen and oxygen atoms in total. The number of anilines is 1. The molecule has 110 valence electrons. The Morgan fingerprint density at radius 3 is 3.00 bits per heavy atom. The quantitative estimate of drug-likeness (QED) is 0.749. The van der Waals surface area contributed by atoms with Crippen LogP contribution in [0.3, 0.4) is 0 Å². The van der Waals surface area contributed by atoms with E-state index in [1.807, 2.05) is 36.4 Å². The molecule has 22 heavy (non-hydrogen) atoms. The molecule has 0 spiro atoms. The Labute approximate surface area is 130 Å². The molecule has 0 fully saturated rings. The largest absolute Gasteiger partial charge is 0.497 e. The number of hydrogen-bond donors (Lipinski definition) is 1. The molecule has 1 N–H and O–H groups in total. The maximum atomic E-state index is 11.8. The Morgan fingerprint density at radius 2 is 2.14 bits per heavy atom. The summed E-state index contributed by atoms with van der Waals surface area (Å²) >= 11 is 1.50. The first-order chi connectivity index (χ1) is 10.7. The lowest BCUT2D eigenvalue weighted by Gasteiger charge is -2.11. The van der Waals surface area contributed by atoms with E-state index in [9.17, 15) is 4.79 Å². The minimum atomic E-state index is -0.494. The third kappa shape index (κ3) is 2.08. The lowest BCUT2D eigenvalue weighted by molar-refractivity contribution is 0.0437.